The summed E-state index contributed by atoms with van der Waals surface area (Å²) in [7, 11) is 0. The molecule has 0 amide bonds. The van der Waals surface area contributed by atoms with Crippen LogP contribution in [-0.4, -0.2) is 16.1 Å². The van der Waals surface area contributed by atoms with Gasteiger partial charge in [0.1, 0.15) is 5.15 Å². The molecule has 1 heterocycles. The van der Waals surface area contributed by atoms with Crippen molar-refractivity contribution in [3.63, 3.8) is 0 Å². The molecule has 0 bridgehead atoms. The van der Waals surface area contributed by atoms with E-state index in [4.69, 9.17) is 11.6 Å². The Balaban J connectivity index is 2.24. The molecule has 1 aromatic heterocycles. The Kier molecular flexibility index (Phi) is 4.80. The summed E-state index contributed by atoms with van der Waals surface area (Å²) < 4.78 is 0. The van der Waals surface area contributed by atoms with Crippen LogP contribution in [0.1, 0.15) is 24.3 Å². The fraction of sp³-hybridized carbons (Fsp3) is 0.357. The first-order valence-corrected chi connectivity index (χ1v) is 7.38. The van der Waals surface area contributed by atoms with Gasteiger partial charge < -0.3 is 10.0 Å². The summed E-state index contributed by atoms with van der Waals surface area (Å²) in [6.45, 7) is 4.97. The smallest absolute Gasteiger partial charge is 0.187 e. The maximum absolute atomic E-state index is 9.21. The molecule has 19 heavy (non-hydrogen) atoms. The van der Waals surface area contributed by atoms with Crippen LogP contribution < -0.4 is 4.90 Å². The van der Waals surface area contributed by atoms with E-state index >= 15 is 0 Å². The van der Waals surface area contributed by atoms with Gasteiger partial charge in [0, 0.05) is 12.6 Å². The van der Waals surface area contributed by atoms with Crippen LogP contribution in [0.3, 0.4) is 0 Å². The number of anilines is 1. The van der Waals surface area contributed by atoms with E-state index in [1.807, 2.05) is 18.2 Å². The number of aliphatic hydroxyl groups excluding tert-OH is 1. The lowest BCUT2D eigenvalue weighted by atomic mass is 10.2. The summed E-state index contributed by atoms with van der Waals surface area (Å²) in [5, 5.41) is 10.5. The second-order valence-electron chi connectivity index (χ2n) is 4.58. The Morgan fingerprint density at radius 2 is 2.00 bits per heavy atom. The van der Waals surface area contributed by atoms with Gasteiger partial charge in [-0.25, -0.2) is 4.98 Å². The fourth-order valence-electron chi connectivity index (χ4n) is 1.79. The predicted molar refractivity (Wildman–Crippen MR) is 80.8 cm³/mol. The average molecular weight is 297 g/mol. The molecule has 0 radical (unpaired) electrons. The molecule has 0 aliphatic rings. The molecule has 1 aromatic carbocycles. The monoisotopic (exact) mass is 296 g/mol. The first kappa shape index (κ1) is 14.3. The van der Waals surface area contributed by atoms with Crippen LogP contribution in [0, 0.1) is 0 Å². The van der Waals surface area contributed by atoms with Crippen molar-refractivity contribution in [1.82, 2.24) is 4.98 Å². The first-order valence-electron chi connectivity index (χ1n) is 6.18. The minimum Gasteiger partial charge on any atom is -0.391 e. The Hall–Kier alpha value is -1.10. The van der Waals surface area contributed by atoms with Crippen LogP contribution in [0.15, 0.2) is 30.3 Å². The molecule has 0 atom stereocenters. The summed E-state index contributed by atoms with van der Waals surface area (Å²) >= 11 is 7.46. The maximum atomic E-state index is 9.21. The van der Waals surface area contributed by atoms with E-state index in [0.717, 1.165) is 16.6 Å². The van der Waals surface area contributed by atoms with Crippen LogP contribution in [-0.2, 0) is 13.2 Å². The minimum absolute atomic E-state index is 0.0617. The molecule has 3 nitrogen and oxygen atoms in total. The number of hydrogen-bond donors (Lipinski definition) is 1. The van der Waals surface area contributed by atoms with Gasteiger partial charge in [0.15, 0.2) is 5.13 Å². The largest absolute Gasteiger partial charge is 0.391 e. The summed E-state index contributed by atoms with van der Waals surface area (Å²) in [5.74, 6) is 0. The Bertz CT molecular complexity index is 527. The van der Waals surface area contributed by atoms with Crippen LogP contribution in [0.2, 0.25) is 5.15 Å². The Labute approximate surface area is 122 Å². The number of rotatable bonds is 5. The average Bonchev–Trinajstić information content (AvgIpc) is 2.77. The van der Waals surface area contributed by atoms with Crippen molar-refractivity contribution >= 4 is 28.1 Å². The van der Waals surface area contributed by atoms with Crippen LogP contribution in [0.4, 0.5) is 5.13 Å². The third-order valence-electron chi connectivity index (χ3n) is 2.85. The van der Waals surface area contributed by atoms with Gasteiger partial charge in [0.25, 0.3) is 0 Å². The van der Waals surface area contributed by atoms with Gasteiger partial charge in [-0.1, -0.05) is 53.3 Å². The van der Waals surface area contributed by atoms with Crippen molar-refractivity contribution in [2.75, 3.05) is 4.90 Å². The predicted octanol–water partition coefficient (Wildman–Crippen LogP) is 3.70. The van der Waals surface area contributed by atoms with Gasteiger partial charge in [-0.2, -0.15) is 0 Å². The number of thiazole rings is 1. The maximum Gasteiger partial charge on any atom is 0.187 e. The van der Waals surface area contributed by atoms with Gasteiger partial charge in [-0.05, 0) is 19.4 Å². The van der Waals surface area contributed by atoms with Crippen molar-refractivity contribution in [3.8, 4) is 0 Å². The number of benzene rings is 1. The van der Waals surface area contributed by atoms with Crippen molar-refractivity contribution < 1.29 is 5.11 Å². The third kappa shape index (κ3) is 3.47. The molecule has 0 aliphatic heterocycles. The van der Waals surface area contributed by atoms with Crippen molar-refractivity contribution in [2.45, 2.75) is 33.0 Å². The van der Waals surface area contributed by atoms with E-state index in [1.165, 1.54) is 16.9 Å². The highest BCUT2D eigenvalue weighted by Gasteiger charge is 2.17. The standard InChI is InChI=1S/C14H17ClN2OS/c1-10(2)17(8-11-6-4-3-5-7-11)14-16-13(15)12(9-18)19-14/h3-7,10,18H,8-9H2,1-2H3. The third-order valence-corrected chi connectivity index (χ3v) is 4.35. The normalized spacial score (nSPS) is 11.0. The quantitative estimate of drug-likeness (QED) is 0.914. The highest BCUT2D eigenvalue weighted by molar-refractivity contribution is 7.16. The van der Waals surface area contributed by atoms with Gasteiger partial charge in [-0.15, -0.1) is 0 Å². The Morgan fingerprint density at radius 3 is 2.53 bits per heavy atom. The summed E-state index contributed by atoms with van der Waals surface area (Å²) in [6.07, 6.45) is 0. The molecule has 0 fully saturated rings. The molecule has 0 unspecified atom stereocenters. The number of aliphatic hydroxyl groups is 1. The lowest BCUT2D eigenvalue weighted by molar-refractivity contribution is 0.285. The molecular formula is C14H17ClN2OS. The number of hydrogen-bond acceptors (Lipinski definition) is 4. The van der Waals surface area contributed by atoms with Gasteiger partial charge in [-0.3, -0.25) is 0 Å². The van der Waals surface area contributed by atoms with E-state index < -0.39 is 0 Å². The Morgan fingerprint density at radius 1 is 1.32 bits per heavy atom. The number of aromatic nitrogens is 1. The molecular weight excluding hydrogens is 280 g/mol. The van der Waals surface area contributed by atoms with Gasteiger partial charge in [0.2, 0.25) is 0 Å². The molecule has 102 valence electrons. The first-order chi connectivity index (χ1) is 9.11. The van der Waals surface area contributed by atoms with E-state index in [0.29, 0.717) is 11.2 Å². The summed E-state index contributed by atoms with van der Waals surface area (Å²) in [6, 6.07) is 10.6. The number of halogens is 1. The fourth-order valence-corrected chi connectivity index (χ4v) is 3.04. The van der Waals surface area contributed by atoms with E-state index in [9.17, 15) is 5.11 Å². The second-order valence-corrected chi connectivity index (χ2v) is 6.00. The minimum atomic E-state index is -0.0617. The lowest BCUT2D eigenvalue weighted by Crippen LogP contribution is -2.29. The second kappa shape index (κ2) is 6.37. The zero-order valence-electron chi connectivity index (χ0n) is 11.0. The van der Waals surface area contributed by atoms with Crippen LogP contribution in [0.5, 0.6) is 0 Å². The molecule has 2 rings (SSSR count). The van der Waals surface area contributed by atoms with Crippen molar-refractivity contribution in [1.29, 1.82) is 0 Å². The van der Waals surface area contributed by atoms with E-state index in [1.54, 1.807) is 0 Å². The molecule has 5 heteroatoms. The molecule has 0 saturated heterocycles. The van der Waals surface area contributed by atoms with Gasteiger partial charge >= 0.3 is 0 Å². The van der Waals surface area contributed by atoms with Crippen LogP contribution in [0.25, 0.3) is 0 Å². The van der Waals surface area contributed by atoms with Gasteiger partial charge in [0.05, 0.1) is 11.5 Å². The topological polar surface area (TPSA) is 36.4 Å². The number of nitrogens with zero attached hydrogens (tertiary/aromatic N) is 2. The molecule has 2 aromatic rings. The molecule has 0 aliphatic carbocycles. The molecule has 0 saturated carbocycles. The van der Waals surface area contributed by atoms with Crippen LogP contribution >= 0.6 is 22.9 Å². The SMILES string of the molecule is CC(C)N(Cc1ccccc1)c1nc(Cl)c(CO)s1. The zero-order chi connectivity index (χ0) is 13.8. The molecule has 0 spiro atoms. The lowest BCUT2D eigenvalue weighted by Gasteiger charge is -2.26. The highest BCUT2D eigenvalue weighted by atomic mass is 35.5. The van der Waals surface area contributed by atoms with E-state index in [-0.39, 0.29) is 6.61 Å². The molecule has 1 N–H and O–H groups in total. The van der Waals surface area contributed by atoms with Crippen molar-refractivity contribution in [3.05, 3.63) is 45.9 Å². The van der Waals surface area contributed by atoms with Crippen molar-refractivity contribution in [2.24, 2.45) is 0 Å². The summed E-state index contributed by atoms with van der Waals surface area (Å²) in [4.78, 5) is 7.25. The zero-order valence-corrected chi connectivity index (χ0v) is 12.6. The summed E-state index contributed by atoms with van der Waals surface area (Å²) in [5.41, 5.74) is 1.23. The van der Waals surface area contributed by atoms with E-state index in [2.05, 4.69) is 35.9 Å². The highest BCUT2D eigenvalue weighted by Crippen LogP contribution is 2.31.